The summed E-state index contributed by atoms with van der Waals surface area (Å²) in [5.41, 5.74) is 0.915. The molecule has 1 aromatic carbocycles. The molecule has 0 unspecified atom stereocenters. The first kappa shape index (κ1) is 13.6. The molecule has 3 nitrogen and oxygen atoms in total. The van der Waals surface area contributed by atoms with Crippen LogP contribution in [-0.4, -0.2) is 23.1 Å². The molecule has 0 radical (unpaired) electrons. The first-order chi connectivity index (χ1) is 8.13. The standard InChI is InChI=1S/C13H16O3S/c1-10(14)17-8-4-3-5-11-6-7-12(15)9-13(11)16-2/h3,5-7,9,15H,4,8H2,1-2H3. The van der Waals surface area contributed by atoms with Gasteiger partial charge >= 0.3 is 0 Å². The van der Waals surface area contributed by atoms with E-state index in [-0.39, 0.29) is 10.9 Å². The zero-order chi connectivity index (χ0) is 12.7. The number of phenolic OH excluding ortho intramolecular Hbond substituents is 1. The van der Waals surface area contributed by atoms with Crippen molar-refractivity contribution in [2.75, 3.05) is 12.9 Å². The molecule has 0 saturated carbocycles. The van der Waals surface area contributed by atoms with Crippen molar-refractivity contribution in [2.24, 2.45) is 0 Å². The molecule has 0 saturated heterocycles. The maximum atomic E-state index is 10.7. The number of carbonyl (C=O) groups excluding carboxylic acids is 1. The Bertz CT molecular complexity index is 413. The molecule has 0 aromatic heterocycles. The highest BCUT2D eigenvalue weighted by atomic mass is 32.2. The molecule has 1 rings (SSSR count). The van der Waals surface area contributed by atoms with Gasteiger partial charge in [-0.1, -0.05) is 23.9 Å². The molecule has 92 valence electrons. The van der Waals surface area contributed by atoms with E-state index in [1.165, 1.54) is 11.8 Å². The van der Waals surface area contributed by atoms with Gasteiger partial charge in [-0.2, -0.15) is 0 Å². The van der Waals surface area contributed by atoms with Crippen molar-refractivity contribution < 1.29 is 14.6 Å². The van der Waals surface area contributed by atoms with Crippen molar-refractivity contribution in [2.45, 2.75) is 13.3 Å². The second kappa shape index (κ2) is 7.01. The molecule has 0 aliphatic rings. The van der Waals surface area contributed by atoms with Gasteiger partial charge in [0.2, 0.25) is 0 Å². The number of benzene rings is 1. The second-order valence-corrected chi connectivity index (χ2v) is 4.73. The molecule has 0 aliphatic carbocycles. The summed E-state index contributed by atoms with van der Waals surface area (Å²) in [5, 5.41) is 9.43. The topological polar surface area (TPSA) is 46.5 Å². The summed E-state index contributed by atoms with van der Waals surface area (Å²) >= 11 is 1.32. The highest BCUT2D eigenvalue weighted by Gasteiger charge is 2.00. The van der Waals surface area contributed by atoms with Gasteiger partial charge in [0.25, 0.3) is 0 Å². The van der Waals surface area contributed by atoms with Gasteiger partial charge in [0.1, 0.15) is 11.5 Å². The predicted molar refractivity (Wildman–Crippen MR) is 71.4 cm³/mol. The Morgan fingerprint density at radius 3 is 2.94 bits per heavy atom. The van der Waals surface area contributed by atoms with Crippen LogP contribution in [0.5, 0.6) is 11.5 Å². The van der Waals surface area contributed by atoms with E-state index >= 15 is 0 Å². The molecular weight excluding hydrogens is 236 g/mol. The van der Waals surface area contributed by atoms with Crippen molar-refractivity contribution >= 4 is 23.0 Å². The van der Waals surface area contributed by atoms with Gasteiger partial charge in [0, 0.05) is 24.3 Å². The van der Waals surface area contributed by atoms with Crippen LogP contribution < -0.4 is 4.74 Å². The van der Waals surface area contributed by atoms with Crippen molar-refractivity contribution in [1.29, 1.82) is 0 Å². The van der Waals surface area contributed by atoms with E-state index in [1.54, 1.807) is 32.2 Å². The average molecular weight is 252 g/mol. The molecule has 17 heavy (non-hydrogen) atoms. The van der Waals surface area contributed by atoms with Gasteiger partial charge in [0.05, 0.1) is 7.11 Å². The van der Waals surface area contributed by atoms with E-state index < -0.39 is 0 Å². The molecular formula is C13H16O3S. The number of hydrogen-bond acceptors (Lipinski definition) is 4. The lowest BCUT2D eigenvalue weighted by atomic mass is 10.1. The molecule has 0 bridgehead atoms. The average Bonchev–Trinajstić information content (AvgIpc) is 2.29. The Hall–Kier alpha value is -1.42. The Kier molecular flexibility index (Phi) is 5.63. The predicted octanol–water partition coefficient (Wildman–Crippen LogP) is 3.08. The maximum Gasteiger partial charge on any atom is 0.185 e. The number of allylic oxidation sites excluding steroid dienone is 1. The Labute approximate surface area is 105 Å². The lowest BCUT2D eigenvalue weighted by Crippen LogP contribution is -1.87. The third kappa shape index (κ3) is 4.95. The van der Waals surface area contributed by atoms with Crippen molar-refractivity contribution in [3.8, 4) is 11.5 Å². The number of thioether (sulfide) groups is 1. The van der Waals surface area contributed by atoms with Gasteiger partial charge < -0.3 is 9.84 Å². The first-order valence-corrected chi connectivity index (χ1v) is 6.29. The highest BCUT2D eigenvalue weighted by molar-refractivity contribution is 8.13. The van der Waals surface area contributed by atoms with Crippen LogP contribution in [0, 0.1) is 0 Å². The fourth-order valence-electron chi connectivity index (χ4n) is 1.32. The van der Waals surface area contributed by atoms with Crippen LogP contribution in [0.4, 0.5) is 0 Å². The van der Waals surface area contributed by atoms with Crippen LogP contribution in [0.25, 0.3) is 6.08 Å². The molecule has 0 aliphatic heterocycles. The van der Waals surface area contributed by atoms with Gasteiger partial charge in [0.15, 0.2) is 5.12 Å². The third-order valence-electron chi connectivity index (χ3n) is 2.10. The zero-order valence-electron chi connectivity index (χ0n) is 9.97. The quantitative estimate of drug-likeness (QED) is 0.818. The Morgan fingerprint density at radius 1 is 1.53 bits per heavy atom. The molecule has 0 fully saturated rings. The number of methoxy groups -OCH3 is 1. The minimum atomic E-state index is 0.139. The number of rotatable bonds is 5. The van der Waals surface area contributed by atoms with Crippen molar-refractivity contribution in [1.82, 2.24) is 0 Å². The SMILES string of the molecule is COc1cc(O)ccc1C=CCCSC(C)=O. The van der Waals surface area contributed by atoms with Gasteiger partial charge in [-0.05, 0) is 18.6 Å². The minimum absolute atomic E-state index is 0.139. The molecule has 0 spiro atoms. The summed E-state index contributed by atoms with van der Waals surface area (Å²) in [6, 6.07) is 4.99. The lowest BCUT2D eigenvalue weighted by Gasteiger charge is -2.04. The molecule has 0 atom stereocenters. The summed E-state index contributed by atoms with van der Waals surface area (Å²) < 4.78 is 5.15. The van der Waals surface area contributed by atoms with E-state index in [9.17, 15) is 9.90 Å². The number of hydrogen-bond donors (Lipinski definition) is 1. The van der Waals surface area contributed by atoms with Gasteiger partial charge in [-0.15, -0.1) is 0 Å². The number of aromatic hydroxyl groups is 1. The number of ether oxygens (including phenoxy) is 1. The van der Waals surface area contributed by atoms with E-state index in [0.717, 1.165) is 17.7 Å². The summed E-state index contributed by atoms with van der Waals surface area (Å²) in [5.74, 6) is 1.61. The monoisotopic (exact) mass is 252 g/mol. The molecule has 1 aromatic rings. The number of phenols is 1. The summed E-state index contributed by atoms with van der Waals surface area (Å²) in [6.07, 6.45) is 4.75. The highest BCUT2D eigenvalue weighted by Crippen LogP contribution is 2.24. The van der Waals surface area contributed by atoms with Crippen LogP contribution in [-0.2, 0) is 4.79 Å². The van der Waals surface area contributed by atoms with E-state index in [2.05, 4.69) is 0 Å². The fraction of sp³-hybridized carbons (Fsp3) is 0.308. The Balaban J connectivity index is 2.55. The molecule has 4 heteroatoms. The maximum absolute atomic E-state index is 10.7. The molecule has 1 N–H and O–H groups in total. The fourth-order valence-corrected chi connectivity index (χ4v) is 1.86. The van der Waals surface area contributed by atoms with E-state index in [1.807, 2.05) is 12.2 Å². The Morgan fingerprint density at radius 2 is 2.29 bits per heavy atom. The third-order valence-corrected chi connectivity index (χ3v) is 2.95. The first-order valence-electron chi connectivity index (χ1n) is 5.30. The van der Waals surface area contributed by atoms with Crippen molar-refractivity contribution in [3.63, 3.8) is 0 Å². The largest absolute Gasteiger partial charge is 0.508 e. The van der Waals surface area contributed by atoms with Crippen molar-refractivity contribution in [3.05, 3.63) is 29.8 Å². The molecule has 0 amide bonds. The molecule has 0 heterocycles. The normalized spacial score (nSPS) is 10.7. The smallest absolute Gasteiger partial charge is 0.185 e. The lowest BCUT2D eigenvalue weighted by molar-refractivity contribution is -0.109. The van der Waals surface area contributed by atoms with Crippen LogP contribution in [0.2, 0.25) is 0 Å². The van der Waals surface area contributed by atoms with Crippen LogP contribution in [0.1, 0.15) is 18.9 Å². The summed E-state index contributed by atoms with van der Waals surface area (Å²) in [6.45, 7) is 1.57. The van der Waals surface area contributed by atoms with Crippen LogP contribution in [0.15, 0.2) is 24.3 Å². The number of carbonyl (C=O) groups is 1. The summed E-state index contributed by atoms with van der Waals surface area (Å²) in [4.78, 5) is 10.7. The van der Waals surface area contributed by atoms with E-state index in [0.29, 0.717) is 5.75 Å². The second-order valence-electron chi connectivity index (χ2n) is 3.46. The van der Waals surface area contributed by atoms with E-state index in [4.69, 9.17) is 4.74 Å². The zero-order valence-corrected chi connectivity index (χ0v) is 10.8. The van der Waals surface area contributed by atoms with Crippen LogP contribution in [0.3, 0.4) is 0 Å². The van der Waals surface area contributed by atoms with Gasteiger partial charge in [-0.25, -0.2) is 0 Å². The van der Waals surface area contributed by atoms with Gasteiger partial charge in [-0.3, -0.25) is 4.79 Å². The minimum Gasteiger partial charge on any atom is -0.508 e. The van der Waals surface area contributed by atoms with Crippen LogP contribution >= 0.6 is 11.8 Å². The summed E-state index contributed by atoms with van der Waals surface area (Å²) in [7, 11) is 1.57.